The molecule has 3 aromatic rings. The molecule has 38 heavy (non-hydrogen) atoms. The number of amides is 1. The molecule has 1 saturated heterocycles. The van der Waals surface area contributed by atoms with Crippen LogP contribution in [0, 0.1) is 23.7 Å². The maximum absolute atomic E-state index is 13.7. The van der Waals surface area contributed by atoms with E-state index in [1.807, 2.05) is 27.6 Å². The van der Waals surface area contributed by atoms with Crippen molar-refractivity contribution in [2.24, 2.45) is 11.8 Å². The van der Waals surface area contributed by atoms with Crippen LogP contribution in [-0.2, 0) is 0 Å². The molecule has 0 aromatic carbocycles. The van der Waals surface area contributed by atoms with Gasteiger partial charge in [-0.2, -0.15) is 0 Å². The number of rotatable bonds is 10. The van der Waals surface area contributed by atoms with Crippen LogP contribution < -0.4 is 4.74 Å². The van der Waals surface area contributed by atoms with Crippen molar-refractivity contribution in [1.29, 1.82) is 0 Å². The van der Waals surface area contributed by atoms with Crippen LogP contribution in [0.25, 0.3) is 16.9 Å². The number of pyridine rings is 1. The fourth-order valence-corrected chi connectivity index (χ4v) is 4.54. The van der Waals surface area contributed by atoms with Gasteiger partial charge in [-0.3, -0.25) is 14.1 Å². The van der Waals surface area contributed by atoms with Gasteiger partial charge >= 0.3 is 6.01 Å². The predicted octanol–water partition coefficient (Wildman–Crippen LogP) is 4.78. The van der Waals surface area contributed by atoms with Gasteiger partial charge < -0.3 is 9.64 Å². The number of imidazole rings is 1. The van der Waals surface area contributed by atoms with Crippen molar-refractivity contribution in [3.8, 4) is 29.1 Å². The molecule has 1 fully saturated rings. The van der Waals surface area contributed by atoms with Gasteiger partial charge in [0, 0.05) is 37.2 Å². The van der Waals surface area contributed by atoms with Crippen LogP contribution in [0.1, 0.15) is 69.4 Å². The molecule has 8 heteroatoms. The number of hydrogen-bond donors (Lipinski definition) is 0. The van der Waals surface area contributed by atoms with Crippen molar-refractivity contribution in [1.82, 2.24) is 29.2 Å². The van der Waals surface area contributed by atoms with Gasteiger partial charge in [0.15, 0.2) is 0 Å². The summed E-state index contributed by atoms with van der Waals surface area (Å²) in [6.45, 7) is 13.2. The molecule has 0 saturated carbocycles. The largest absolute Gasteiger partial charge is 0.467 e. The zero-order chi connectivity index (χ0) is 27.1. The van der Waals surface area contributed by atoms with E-state index in [0.29, 0.717) is 35.6 Å². The number of fused-ring (bicyclic) bond motifs is 1. The van der Waals surface area contributed by atoms with Gasteiger partial charge in [0.2, 0.25) is 0 Å². The monoisotopic (exact) mass is 516 g/mol. The van der Waals surface area contributed by atoms with Crippen molar-refractivity contribution in [3.05, 3.63) is 42.0 Å². The Kier molecular flexibility index (Phi) is 9.35. The summed E-state index contributed by atoms with van der Waals surface area (Å²) >= 11 is 0. The third-order valence-corrected chi connectivity index (χ3v) is 6.90. The van der Waals surface area contributed by atoms with Gasteiger partial charge in [-0.1, -0.05) is 33.6 Å². The molecule has 0 atom stereocenters. The zero-order valence-corrected chi connectivity index (χ0v) is 23.4. The Morgan fingerprint density at radius 3 is 2.32 bits per heavy atom. The fourth-order valence-electron chi connectivity index (χ4n) is 4.54. The van der Waals surface area contributed by atoms with Crippen LogP contribution >= 0.6 is 0 Å². The van der Waals surface area contributed by atoms with E-state index in [4.69, 9.17) is 9.72 Å². The van der Waals surface area contributed by atoms with E-state index in [9.17, 15) is 4.79 Å². The normalized spacial score (nSPS) is 13.8. The minimum Gasteiger partial charge on any atom is -0.467 e. The SMILES string of the molecule is COc1ncc(-c2nc3ccc(C(=O)N(CCC(C)C)CCC(C)C)cn3c2C#CCN2CCCC2)cn1. The number of aromatic nitrogens is 4. The Labute approximate surface area is 226 Å². The molecule has 1 aliphatic heterocycles. The summed E-state index contributed by atoms with van der Waals surface area (Å²) in [6, 6.07) is 4.07. The van der Waals surface area contributed by atoms with Crippen LogP contribution in [0.15, 0.2) is 30.7 Å². The molecule has 0 radical (unpaired) electrons. The van der Waals surface area contributed by atoms with Crippen molar-refractivity contribution >= 4 is 11.6 Å². The molecule has 8 nitrogen and oxygen atoms in total. The number of likely N-dealkylation sites (tertiary alicyclic amines) is 1. The molecule has 3 aromatic heterocycles. The predicted molar refractivity (Wildman–Crippen MR) is 150 cm³/mol. The molecule has 0 spiro atoms. The highest BCUT2D eigenvalue weighted by molar-refractivity contribution is 5.94. The lowest BCUT2D eigenvalue weighted by molar-refractivity contribution is 0.0740. The van der Waals surface area contributed by atoms with Crippen LogP contribution in [0.5, 0.6) is 6.01 Å². The molecule has 202 valence electrons. The van der Waals surface area contributed by atoms with Crippen molar-refractivity contribution in [2.75, 3.05) is 39.8 Å². The minimum absolute atomic E-state index is 0.0483. The lowest BCUT2D eigenvalue weighted by atomic mass is 10.1. The first-order chi connectivity index (χ1) is 18.4. The second kappa shape index (κ2) is 12.9. The van der Waals surface area contributed by atoms with Crippen LogP contribution in [-0.4, -0.2) is 74.9 Å². The number of nitrogens with zero attached hydrogens (tertiary/aromatic N) is 6. The topological polar surface area (TPSA) is 75.9 Å². The molecule has 0 unspecified atom stereocenters. The molecule has 4 heterocycles. The first-order valence-corrected chi connectivity index (χ1v) is 13.7. The number of ether oxygens (including phenoxy) is 1. The van der Waals surface area contributed by atoms with Gasteiger partial charge in [-0.15, -0.1) is 0 Å². The molecule has 0 aliphatic carbocycles. The molecule has 0 N–H and O–H groups in total. The average Bonchev–Trinajstić information content (AvgIpc) is 3.56. The van der Waals surface area contributed by atoms with Gasteiger partial charge in [0.05, 0.1) is 19.2 Å². The van der Waals surface area contributed by atoms with E-state index in [1.165, 1.54) is 12.8 Å². The average molecular weight is 517 g/mol. The second-order valence-electron chi connectivity index (χ2n) is 10.9. The smallest absolute Gasteiger partial charge is 0.316 e. The summed E-state index contributed by atoms with van der Waals surface area (Å²) in [5, 5.41) is 0. The Hall–Kier alpha value is -3.44. The van der Waals surface area contributed by atoms with Crippen molar-refractivity contribution < 1.29 is 9.53 Å². The van der Waals surface area contributed by atoms with Crippen molar-refractivity contribution in [2.45, 2.75) is 53.4 Å². The fraction of sp³-hybridized carbons (Fsp3) is 0.533. The summed E-state index contributed by atoms with van der Waals surface area (Å²) in [7, 11) is 1.54. The van der Waals surface area contributed by atoms with Gasteiger partial charge in [0.1, 0.15) is 17.0 Å². The Morgan fingerprint density at radius 1 is 1.05 bits per heavy atom. The lowest BCUT2D eigenvalue weighted by Gasteiger charge is -2.24. The number of hydrogen-bond acceptors (Lipinski definition) is 6. The molecule has 1 amide bonds. The van der Waals surface area contributed by atoms with E-state index >= 15 is 0 Å². The van der Waals surface area contributed by atoms with Crippen LogP contribution in [0.3, 0.4) is 0 Å². The number of carbonyl (C=O) groups is 1. The summed E-state index contributed by atoms with van der Waals surface area (Å²) in [6.07, 6.45) is 9.69. The summed E-state index contributed by atoms with van der Waals surface area (Å²) in [4.78, 5) is 31.4. The Balaban J connectivity index is 1.71. The first-order valence-electron chi connectivity index (χ1n) is 13.7. The van der Waals surface area contributed by atoms with Crippen LogP contribution in [0.4, 0.5) is 0 Å². The van der Waals surface area contributed by atoms with E-state index in [1.54, 1.807) is 19.5 Å². The van der Waals surface area contributed by atoms with Gasteiger partial charge in [-0.05, 0) is 68.7 Å². The lowest BCUT2D eigenvalue weighted by Crippen LogP contribution is -2.34. The second-order valence-corrected chi connectivity index (χ2v) is 10.9. The third-order valence-electron chi connectivity index (χ3n) is 6.90. The summed E-state index contributed by atoms with van der Waals surface area (Å²) in [5.74, 6) is 7.83. The highest BCUT2D eigenvalue weighted by Gasteiger charge is 2.20. The highest BCUT2D eigenvalue weighted by atomic mass is 16.5. The van der Waals surface area contributed by atoms with E-state index < -0.39 is 0 Å². The molecule has 4 rings (SSSR count). The van der Waals surface area contributed by atoms with Gasteiger partial charge in [-0.25, -0.2) is 15.0 Å². The van der Waals surface area contributed by atoms with Gasteiger partial charge in [0.25, 0.3) is 5.91 Å². The maximum Gasteiger partial charge on any atom is 0.316 e. The van der Waals surface area contributed by atoms with Crippen LogP contribution in [0.2, 0.25) is 0 Å². The third kappa shape index (κ3) is 6.90. The van der Waals surface area contributed by atoms with E-state index in [-0.39, 0.29) is 5.91 Å². The molecular weight excluding hydrogens is 476 g/mol. The maximum atomic E-state index is 13.7. The Bertz CT molecular complexity index is 1270. The minimum atomic E-state index is 0.0483. The zero-order valence-electron chi connectivity index (χ0n) is 23.4. The summed E-state index contributed by atoms with van der Waals surface area (Å²) in [5.41, 5.74) is 3.56. The van der Waals surface area contributed by atoms with E-state index in [2.05, 4.69) is 54.4 Å². The quantitative estimate of drug-likeness (QED) is 0.361. The first kappa shape index (κ1) is 27.6. The standard InChI is InChI=1S/C30H40N6O2/c1-22(2)12-17-35(18-13-23(3)4)29(37)24-10-11-27-33-28(25-19-31-30(38-5)32-20-25)26(36(27)21-24)9-8-16-34-14-6-7-15-34/h10-11,19-23H,6-7,12-18H2,1-5H3. The van der Waals surface area contributed by atoms with Crippen molar-refractivity contribution in [3.63, 3.8) is 0 Å². The molecule has 1 aliphatic rings. The highest BCUT2D eigenvalue weighted by Crippen LogP contribution is 2.25. The summed E-state index contributed by atoms with van der Waals surface area (Å²) < 4.78 is 7.06. The van der Waals surface area contributed by atoms with E-state index in [0.717, 1.165) is 55.9 Å². The number of methoxy groups -OCH3 is 1. The Morgan fingerprint density at radius 2 is 1.71 bits per heavy atom. The number of carbonyl (C=O) groups excluding carboxylic acids is 1. The molecule has 0 bridgehead atoms. The molecular formula is C30H40N6O2.